The predicted molar refractivity (Wildman–Crippen MR) is 89.6 cm³/mol. The summed E-state index contributed by atoms with van der Waals surface area (Å²) in [4.78, 5) is 22.0. The number of pyridine rings is 1. The number of hydrogen-bond acceptors (Lipinski definition) is 5. The minimum atomic E-state index is -0.254. The van der Waals surface area contributed by atoms with E-state index < -0.39 is 0 Å². The van der Waals surface area contributed by atoms with Gasteiger partial charge in [-0.15, -0.1) is 11.3 Å². The third-order valence-electron chi connectivity index (χ3n) is 3.63. The van der Waals surface area contributed by atoms with Crippen LogP contribution in [0.3, 0.4) is 0 Å². The molecule has 1 aliphatic heterocycles. The quantitative estimate of drug-likeness (QED) is 0.674. The van der Waals surface area contributed by atoms with E-state index in [0.29, 0.717) is 24.8 Å². The number of amides is 1. The Morgan fingerprint density at radius 3 is 3.09 bits per heavy atom. The van der Waals surface area contributed by atoms with Gasteiger partial charge in [0, 0.05) is 24.4 Å². The highest BCUT2D eigenvalue weighted by Crippen LogP contribution is 2.31. The molecule has 23 heavy (non-hydrogen) atoms. The van der Waals surface area contributed by atoms with E-state index in [9.17, 15) is 4.79 Å². The first-order chi connectivity index (χ1) is 11.2. The van der Waals surface area contributed by atoms with Gasteiger partial charge in [0.15, 0.2) is 0 Å². The number of carbonyl (C=O) groups is 1. The number of fused-ring (bicyclic) bond motifs is 1. The second kappa shape index (κ2) is 5.79. The third-order valence-corrected chi connectivity index (χ3v) is 4.90. The summed E-state index contributed by atoms with van der Waals surface area (Å²) in [5.41, 5.74) is 2.92. The van der Waals surface area contributed by atoms with E-state index in [4.69, 9.17) is 16.3 Å². The SMILES string of the molecule is O=C1OCCN1Cc1cccc(-c2nc3cc(Cl)ncc3s2)c1. The van der Waals surface area contributed by atoms with Crippen molar-refractivity contribution in [1.82, 2.24) is 14.9 Å². The van der Waals surface area contributed by atoms with Gasteiger partial charge in [-0.1, -0.05) is 29.8 Å². The van der Waals surface area contributed by atoms with Gasteiger partial charge in [-0.3, -0.25) is 0 Å². The summed E-state index contributed by atoms with van der Waals surface area (Å²) in [6.45, 7) is 1.64. The molecule has 0 saturated carbocycles. The summed E-state index contributed by atoms with van der Waals surface area (Å²) in [6, 6.07) is 9.81. The van der Waals surface area contributed by atoms with Crippen molar-refractivity contribution >= 4 is 39.2 Å². The van der Waals surface area contributed by atoms with Gasteiger partial charge in [0.1, 0.15) is 16.8 Å². The lowest BCUT2D eigenvalue weighted by Crippen LogP contribution is -2.23. The molecule has 7 heteroatoms. The zero-order valence-electron chi connectivity index (χ0n) is 12.0. The van der Waals surface area contributed by atoms with Crippen LogP contribution < -0.4 is 0 Å². The van der Waals surface area contributed by atoms with E-state index in [1.54, 1.807) is 28.5 Å². The lowest BCUT2D eigenvalue weighted by Gasteiger charge is -2.12. The number of thiazole rings is 1. The lowest BCUT2D eigenvalue weighted by atomic mass is 10.1. The maximum Gasteiger partial charge on any atom is 0.410 e. The van der Waals surface area contributed by atoms with Crippen LogP contribution >= 0.6 is 22.9 Å². The van der Waals surface area contributed by atoms with Gasteiger partial charge in [0.25, 0.3) is 0 Å². The molecule has 0 aliphatic carbocycles. The fourth-order valence-corrected chi connectivity index (χ4v) is 3.59. The minimum absolute atomic E-state index is 0.254. The van der Waals surface area contributed by atoms with Crippen molar-refractivity contribution in [3.05, 3.63) is 47.2 Å². The molecule has 1 fully saturated rings. The van der Waals surface area contributed by atoms with Crippen LogP contribution in [0.4, 0.5) is 4.79 Å². The molecule has 0 bridgehead atoms. The van der Waals surface area contributed by atoms with Crippen molar-refractivity contribution in [2.45, 2.75) is 6.54 Å². The molecule has 0 spiro atoms. The Morgan fingerprint density at radius 2 is 2.26 bits per heavy atom. The third kappa shape index (κ3) is 2.87. The molecular formula is C16H12ClN3O2S. The number of aromatic nitrogens is 2. The molecule has 0 atom stereocenters. The van der Waals surface area contributed by atoms with Crippen LogP contribution in [-0.2, 0) is 11.3 Å². The Kier molecular flexibility index (Phi) is 3.63. The normalized spacial score (nSPS) is 14.5. The van der Waals surface area contributed by atoms with Gasteiger partial charge in [-0.25, -0.2) is 14.8 Å². The minimum Gasteiger partial charge on any atom is -0.448 e. The van der Waals surface area contributed by atoms with E-state index in [2.05, 4.69) is 16.0 Å². The van der Waals surface area contributed by atoms with E-state index in [0.717, 1.165) is 26.4 Å². The largest absolute Gasteiger partial charge is 0.448 e. The van der Waals surface area contributed by atoms with Crippen molar-refractivity contribution < 1.29 is 9.53 Å². The van der Waals surface area contributed by atoms with Gasteiger partial charge < -0.3 is 9.64 Å². The second-order valence-electron chi connectivity index (χ2n) is 5.23. The molecule has 5 nitrogen and oxygen atoms in total. The Bertz CT molecular complexity index is 896. The van der Waals surface area contributed by atoms with E-state index >= 15 is 0 Å². The summed E-state index contributed by atoms with van der Waals surface area (Å²) in [7, 11) is 0. The van der Waals surface area contributed by atoms with Crippen LogP contribution in [0.1, 0.15) is 5.56 Å². The van der Waals surface area contributed by atoms with Crippen molar-refractivity contribution in [2.24, 2.45) is 0 Å². The van der Waals surface area contributed by atoms with Crippen LogP contribution in [0.5, 0.6) is 0 Å². The molecule has 1 aromatic carbocycles. The summed E-state index contributed by atoms with van der Waals surface area (Å²) in [5.74, 6) is 0. The molecule has 0 N–H and O–H groups in total. The number of carbonyl (C=O) groups excluding carboxylic acids is 1. The summed E-state index contributed by atoms with van der Waals surface area (Å²) >= 11 is 7.49. The van der Waals surface area contributed by atoms with Crippen LogP contribution in [0.25, 0.3) is 20.8 Å². The van der Waals surface area contributed by atoms with Gasteiger partial charge in [-0.2, -0.15) is 0 Å². The average Bonchev–Trinajstić information content (AvgIpc) is 3.14. The predicted octanol–water partition coefficient (Wildman–Crippen LogP) is 3.96. The molecule has 4 rings (SSSR count). The molecular weight excluding hydrogens is 334 g/mol. The average molecular weight is 346 g/mol. The number of rotatable bonds is 3. The fourth-order valence-electron chi connectivity index (χ4n) is 2.53. The number of ether oxygens (including phenoxy) is 1. The van der Waals surface area contributed by atoms with E-state index in [-0.39, 0.29) is 6.09 Å². The Balaban J connectivity index is 1.65. The first-order valence-corrected chi connectivity index (χ1v) is 8.31. The standard InChI is InChI=1S/C16H12ClN3O2S/c17-14-7-12-13(8-18-14)23-15(19-12)11-3-1-2-10(6-11)9-20-4-5-22-16(20)21/h1-3,6-8H,4-5,9H2. The van der Waals surface area contributed by atoms with Crippen molar-refractivity contribution in [3.63, 3.8) is 0 Å². The molecule has 0 radical (unpaired) electrons. The summed E-state index contributed by atoms with van der Waals surface area (Å²) in [5, 5.41) is 1.35. The zero-order valence-corrected chi connectivity index (χ0v) is 13.6. The fraction of sp³-hybridized carbons (Fsp3) is 0.188. The Labute approximate surface area is 141 Å². The number of benzene rings is 1. The number of hydrogen-bond donors (Lipinski definition) is 0. The Morgan fingerprint density at radius 1 is 1.35 bits per heavy atom. The van der Waals surface area contributed by atoms with Crippen molar-refractivity contribution in [2.75, 3.05) is 13.2 Å². The number of halogens is 1. The molecule has 3 heterocycles. The molecule has 3 aromatic rings. The topological polar surface area (TPSA) is 55.3 Å². The highest BCUT2D eigenvalue weighted by atomic mass is 35.5. The van der Waals surface area contributed by atoms with E-state index in [1.807, 2.05) is 18.2 Å². The van der Waals surface area contributed by atoms with Crippen molar-refractivity contribution in [3.8, 4) is 10.6 Å². The van der Waals surface area contributed by atoms with Crippen LogP contribution in [-0.4, -0.2) is 34.1 Å². The molecule has 116 valence electrons. The van der Waals surface area contributed by atoms with Crippen LogP contribution in [0.2, 0.25) is 5.15 Å². The first kappa shape index (κ1) is 14.4. The lowest BCUT2D eigenvalue weighted by molar-refractivity contribution is 0.157. The summed E-state index contributed by atoms with van der Waals surface area (Å²) in [6.07, 6.45) is 1.49. The van der Waals surface area contributed by atoms with Crippen LogP contribution in [0.15, 0.2) is 36.5 Å². The molecule has 2 aromatic heterocycles. The molecule has 1 saturated heterocycles. The number of cyclic esters (lactones) is 1. The molecule has 1 aliphatic rings. The molecule has 1 amide bonds. The second-order valence-corrected chi connectivity index (χ2v) is 6.65. The summed E-state index contributed by atoms with van der Waals surface area (Å²) < 4.78 is 5.96. The molecule has 0 unspecified atom stereocenters. The maximum atomic E-state index is 11.6. The van der Waals surface area contributed by atoms with Crippen LogP contribution in [0, 0.1) is 0 Å². The van der Waals surface area contributed by atoms with E-state index in [1.165, 1.54) is 0 Å². The Hall–Kier alpha value is -2.18. The highest BCUT2D eigenvalue weighted by Gasteiger charge is 2.21. The van der Waals surface area contributed by atoms with Gasteiger partial charge in [0.2, 0.25) is 0 Å². The van der Waals surface area contributed by atoms with Gasteiger partial charge in [0.05, 0.1) is 16.8 Å². The zero-order chi connectivity index (χ0) is 15.8. The highest BCUT2D eigenvalue weighted by molar-refractivity contribution is 7.21. The first-order valence-electron chi connectivity index (χ1n) is 7.12. The van der Waals surface area contributed by atoms with Gasteiger partial charge >= 0.3 is 6.09 Å². The van der Waals surface area contributed by atoms with Crippen molar-refractivity contribution in [1.29, 1.82) is 0 Å². The smallest absolute Gasteiger partial charge is 0.410 e. The maximum absolute atomic E-state index is 11.6. The number of nitrogens with zero attached hydrogens (tertiary/aromatic N) is 3. The van der Waals surface area contributed by atoms with Gasteiger partial charge in [-0.05, 0) is 11.6 Å². The monoisotopic (exact) mass is 345 g/mol.